The molecule has 1 N–H and O–H groups in total. The van der Waals surface area contributed by atoms with Crippen LogP contribution in [0.1, 0.15) is 45.8 Å². The lowest BCUT2D eigenvalue weighted by Gasteiger charge is -2.32. The average molecular weight is 445 g/mol. The zero-order chi connectivity index (χ0) is 23.0. The summed E-state index contributed by atoms with van der Waals surface area (Å²) in [6, 6.07) is 24.1. The van der Waals surface area contributed by atoms with E-state index in [2.05, 4.69) is 40.5 Å². The number of ether oxygens (including phenoxy) is 2. The van der Waals surface area contributed by atoms with Gasteiger partial charge >= 0.3 is 0 Å². The first-order chi connectivity index (χ1) is 16.2. The molecule has 1 fully saturated rings. The molecule has 5 heteroatoms. The Hall–Kier alpha value is -3.31. The number of piperidine rings is 1. The van der Waals surface area contributed by atoms with Crippen molar-refractivity contribution in [1.82, 2.24) is 10.2 Å². The monoisotopic (exact) mass is 444 g/mol. The summed E-state index contributed by atoms with van der Waals surface area (Å²) in [5.41, 5.74) is 4.38. The van der Waals surface area contributed by atoms with Gasteiger partial charge in [-0.05, 0) is 61.2 Å². The van der Waals surface area contributed by atoms with Gasteiger partial charge in [0.2, 0.25) is 0 Å². The van der Waals surface area contributed by atoms with E-state index in [9.17, 15) is 4.79 Å². The van der Waals surface area contributed by atoms with Gasteiger partial charge in [0.15, 0.2) is 0 Å². The van der Waals surface area contributed by atoms with Crippen LogP contribution in [0, 0.1) is 0 Å². The maximum Gasteiger partial charge on any atom is 0.251 e. The molecular formula is C28H32N2O3. The maximum absolute atomic E-state index is 12.2. The fraction of sp³-hybridized carbons (Fsp3) is 0.321. The quantitative estimate of drug-likeness (QED) is 0.530. The van der Waals surface area contributed by atoms with Crippen LogP contribution in [0.2, 0.25) is 0 Å². The minimum Gasteiger partial charge on any atom is -0.497 e. The van der Waals surface area contributed by atoms with Crippen LogP contribution < -0.4 is 14.8 Å². The van der Waals surface area contributed by atoms with Crippen molar-refractivity contribution in [2.24, 2.45) is 0 Å². The van der Waals surface area contributed by atoms with Crippen LogP contribution >= 0.6 is 0 Å². The first-order valence-electron chi connectivity index (χ1n) is 11.5. The Balaban J connectivity index is 1.27. The van der Waals surface area contributed by atoms with Crippen molar-refractivity contribution in [3.8, 4) is 11.5 Å². The predicted octanol–water partition coefficient (Wildman–Crippen LogP) is 5.01. The number of nitrogens with one attached hydrogen (secondary N) is 1. The van der Waals surface area contributed by atoms with Crippen LogP contribution in [0.25, 0.3) is 0 Å². The molecule has 0 bridgehead atoms. The molecule has 3 aromatic carbocycles. The second kappa shape index (κ2) is 11.0. The lowest BCUT2D eigenvalue weighted by Crippen LogP contribution is -2.32. The topological polar surface area (TPSA) is 50.8 Å². The highest BCUT2D eigenvalue weighted by atomic mass is 16.5. The first-order valence-corrected chi connectivity index (χ1v) is 11.5. The van der Waals surface area contributed by atoms with E-state index in [4.69, 9.17) is 9.47 Å². The van der Waals surface area contributed by atoms with Gasteiger partial charge in [0.05, 0.1) is 14.2 Å². The molecule has 1 aliphatic heterocycles. The summed E-state index contributed by atoms with van der Waals surface area (Å²) in [5.74, 6) is 2.23. The molecule has 0 radical (unpaired) electrons. The maximum atomic E-state index is 12.2. The van der Waals surface area contributed by atoms with Gasteiger partial charge in [0.25, 0.3) is 5.91 Å². The molecule has 1 heterocycles. The van der Waals surface area contributed by atoms with Gasteiger partial charge in [-0.1, -0.05) is 48.5 Å². The van der Waals surface area contributed by atoms with Gasteiger partial charge in [-0.15, -0.1) is 0 Å². The third kappa shape index (κ3) is 5.93. The second-order valence-corrected chi connectivity index (χ2v) is 8.52. The number of carbonyl (C=O) groups excluding carboxylic acids is 1. The van der Waals surface area contributed by atoms with Crippen molar-refractivity contribution in [1.29, 1.82) is 0 Å². The molecule has 5 nitrogen and oxygen atoms in total. The lowest BCUT2D eigenvalue weighted by atomic mass is 9.89. The first kappa shape index (κ1) is 22.9. The number of carbonyl (C=O) groups is 1. The van der Waals surface area contributed by atoms with Crippen LogP contribution in [-0.2, 0) is 13.1 Å². The van der Waals surface area contributed by atoms with Gasteiger partial charge < -0.3 is 14.8 Å². The molecule has 1 saturated heterocycles. The number of benzene rings is 3. The predicted molar refractivity (Wildman–Crippen MR) is 131 cm³/mol. The summed E-state index contributed by atoms with van der Waals surface area (Å²) in [7, 11) is 3.38. The van der Waals surface area contributed by atoms with Gasteiger partial charge in [0.1, 0.15) is 11.5 Å². The molecule has 0 unspecified atom stereocenters. The normalized spacial score (nSPS) is 14.6. The van der Waals surface area contributed by atoms with E-state index in [1.165, 1.54) is 11.1 Å². The average Bonchev–Trinajstić information content (AvgIpc) is 2.89. The van der Waals surface area contributed by atoms with E-state index >= 15 is 0 Å². The van der Waals surface area contributed by atoms with Crippen LogP contribution in [0.4, 0.5) is 0 Å². The summed E-state index contributed by atoms with van der Waals surface area (Å²) in [4.78, 5) is 14.7. The summed E-state index contributed by atoms with van der Waals surface area (Å²) in [6.07, 6.45) is 2.28. The second-order valence-electron chi connectivity index (χ2n) is 8.52. The van der Waals surface area contributed by atoms with Crippen LogP contribution in [0.15, 0.2) is 72.8 Å². The Kier molecular flexibility index (Phi) is 7.63. The van der Waals surface area contributed by atoms with Crippen LogP contribution in [0.5, 0.6) is 11.5 Å². The van der Waals surface area contributed by atoms with E-state index in [1.807, 2.05) is 42.5 Å². The minimum absolute atomic E-state index is 0.0412. The fourth-order valence-electron chi connectivity index (χ4n) is 4.43. The highest BCUT2D eigenvalue weighted by Crippen LogP contribution is 2.31. The SMILES string of the molecule is COc1ccc(CN2CCC(c3ccc(CNC(=O)c4ccccc4)cc3)CC2)c(OC)c1. The van der Waals surface area contributed by atoms with E-state index < -0.39 is 0 Å². The van der Waals surface area contributed by atoms with Crippen molar-refractivity contribution in [2.75, 3.05) is 27.3 Å². The number of rotatable bonds is 8. The third-order valence-electron chi connectivity index (χ3n) is 6.42. The number of hydrogen-bond donors (Lipinski definition) is 1. The number of likely N-dealkylation sites (tertiary alicyclic amines) is 1. The van der Waals surface area contributed by atoms with Crippen molar-refractivity contribution in [2.45, 2.75) is 31.8 Å². The van der Waals surface area contributed by atoms with E-state index in [0.29, 0.717) is 18.0 Å². The third-order valence-corrected chi connectivity index (χ3v) is 6.42. The van der Waals surface area contributed by atoms with Crippen molar-refractivity contribution in [3.63, 3.8) is 0 Å². The zero-order valence-electron chi connectivity index (χ0n) is 19.4. The highest BCUT2D eigenvalue weighted by Gasteiger charge is 2.21. The Morgan fingerprint density at radius 1 is 0.939 bits per heavy atom. The molecule has 0 saturated carbocycles. The van der Waals surface area contributed by atoms with Gasteiger partial charge in [-0.2, -0.15) is 0 Å². The van der Waals surface area contributed by atoms with E-state index in [-0.39, 0.29) is 5.91 Å². The zero-order valence-corrected chi connectivity index (χ0v) is 19.4. The summed E-state index contributed by atoms with van der Waals surface area (Å²) in [5, 5.41) is 3.00. The smallest absolute Gasteiger partial charge is 0.251 e. The molecule has 172 valence electrons. The van der Waals surface area contributed by atoms with Crippen LogP contribution in [-0.4, -0.2) is 38.1 Å². The van der Waals surface area contributed by atoms with Gasteiger partial charge in [-0.3, -0.25) is 9.69 Å². The summed E-state index contributed by atoms with van der Waals surface area (Å²) in [6.45, 7) is 3.56. The number of amides is 1. The molecule has 0 aromatic heterocycles. The molecule has 4 rings (SSSR count). The van der Waals surface area contributed by atoms with Gasteiger partial charge in [0, 0.05) is 30.3 Å². The fourth-order valence-corrected chi connectivity index (χ4v) is 4.43. The Morgan fingerprint density at radius 3 is 2.33 bits per heavy atom. The summed E-state index contributed by atoms with van der Waals surface area (Å²) < 4.78 is 10.9. The lowest BCUT2D eigenvalue weighted by molar-refractivity contribution is 0.0951. The molecule has 0 spiro atoms. The molecular weight excluding hydrogens is 412 g/mol. The molecule has 33 heavy (non-hydrogen) atoms. The number of hydrogen-bond acceptors (Lipinski definition) is 4. The highest BCUT2D eigenvalue weighted by molar-refractivity contribution is 5.94. The Labute approximate surface area is 196 Å². The Morgan fingerprint density at radius 2 is 1.67 bits per heavy atom. The molecule has 0 atom stereocenters. The van der Waals surface area contributed by atoms with E-state index in [0.717, 1.165) is 49.5 Å². The van der Waals surface area contributed by atoms with Gasteiger partial charge in [-0.25, -0.2) is 0 Å². The number of methoxy groups -OCH3 is 2. The number of nitrogens with zero attached hydrogens (tertiary/aromatic N) is 1. The Bertz CT molecular complexity index is 1040. The van der Waals surface area contributed by atoms with E-state index in [1.54, 1.807) is 14.2 Å². The van der Waals surface area contributed by atoms with Crippen LogP contribution in [0.3, 0.4) is 0 Å². The molecule has 3 aromatic rings. The molecule has 0 aliphatic carbocycles. The molecule has 1 aliphatic rings. The largest absolute Gasteiger partial charge is 0.497 e. The van der Waals surface area contributed by atoms with Crippen molar-refractivity contribution in [3.05, 3.63) is 95.1 Å². The van der Waals surface area contributed by atoms with Crippen molar-refractivity contribution >= 4 is 5.91 Å². The minimum atomic E-state index is -0.0412. The molecule has 1 amide bonds. The standard InChI is InChI=1S/C28H32N2O3/c1-32-26-13-12-25(27(18-26)33-2)20-30-16-14-23(15-17-30)22-10-8-21(9-11-22)19-29-28(31)24-6-4-3-5-7-24/h3-13,18,23H,14-17,19-20H2,1-2H3,(H,29,31). The summed E-state index contributed by atoms with van der Waals surface area (Å²) >= 11 is 0. The van der Waals surface area contributed by atoms with Crippen molar-refractivity contribution < 1.29 is 14.3 Å².